The van der Waals surface area contributed by atoms with Crippen molar-refractivity contribution in [3.63, 3.8) is 0 Å². The second-order valence-electron chi connectivity index (χ2n) is 4.78. The molecule has 4 heteroatoms. The highest BCUT2D eigenvalue weighted by Gasteiger charge is 2.13. The average molecular weight is 224 g/mol. The fourth-order valence-electron chi connectivity index (χ4n) is 1.91. The topological polar surface area (TPSA) is 47.1 Å². The molecule has 1 heterocycles. The fourth-order valence-corrected chi connectivity index (χ4v) is 1.91. The Morgan fingerprint density at radius 3 is 2.56 bits per heavy atom. The lowest BCUT2D eigenvalue weighted by atomic mass is 10.1. The molecule has 0 aliphatic carbocycles. The van der Waals surface area contributed by atoms with Gasteiger partial charge < -0.3 is 10.6 Å². The van der Waals surface area contributed by atoms with Crippen LogP contribution in [0.5, 0.6) is 0 Å². The van der Waals surface area contributed by atoms with Crippen LogP contribution in [0.3, 0.4) is 0 Å². The van der Waals surface area contributed by atoms with Gasteiger partial charge in [-0.25, -0.2) is 0 Å². The molecule has 1 aromatic heterocycles. The van der Waals surface area contributed by atoms with E-state index in [1.54, 1.807) is 4.68 Å². The van der Waals surface area contributed by atoms with Gasteiger partial charge in [-0.05, 0) is 19.9 Å². The van der Waals surface area contributed by atoms with Crippen molar-refractivity contribution in [2.24, 2.45) is 13.0 Å². The number of anilines is 1. The fraction of sp³-hybridized carbons (Fsp3) is 0.750. The number of rotatable bonds is 5. The summed E-state index contributed by atoms with van der Waals surface area (Å²) in [5.74, 6) is 1.51. The minimum atomic E-state index is 0.725. The molecule has 0 aliphatic rings. The van der Waals surface area contributed by atoms with Gasteiger partial charge in [0.2, 0.25) is 0 Å². The second kappa shape index (κ2) is 5.34. The molecule has 0 saturated carbocycles. The van der Waals surface area contributed by atoms with Crippen LogP contribution >= 0.6 is 0 Å². The van der Waals surface area contributed by atoms with E-state index in [9.17, 15) is 0 Å². The third-order valence-corrected chi connectivity index (χ3v) is 3.14. The van der Waals surface area contributed by atoms with Crippen molar-refractivity contribution in [3.05, 3.63) is 11.3 Å². The molecule has 16 heavy (non-hydrogen) atoms. The summed E-state index contributed by atoms with van der Waals surface area (Å²) in [5.41, 5.74) is 8.19. The van der Waals surface area contributed by atoms with Crippen molar-refractivity contribution < 1.29 is 0 Å². The summed E-state index contributed by atoms with van der Waals surface area (Å²) in [4.78, 5) is 2.31. The van der Waals surface area contributed by atoms with Crippen LogP contribution in [0.25, 0.3) is 0 Å². The Labute approximate surface area is 98.4 Å². The van der Waals surface area contributed by atoms with Crippen LogP contribution in [0.15, 0.2) is 0 Å². The number of nitrogens with zero attached hydrogens (tertiary/aromatic N) is 3. The standard InChI is InChI=1S/C12H24N4/c1-6-9(2)7-15(4)8-11-10(3)14-16(5)12(11)13/h9H,6-8,13H2,1-5H3. The first kappa shape index (κ1) is 13.0. The highest BCUT2D eigenvalue weighted by atomic mass is 15.3. The van der Waals surface area contributed by atoms with Crippen LogP contribution in [0.2, 0.25) is 0 Å². The third kappa shape index (κ3) is 2.98. The molecule has 0 spiro atoms. The van der Waals surface area contributed by atoms with Crippen molar-refractivity contribution in [2.45, 2.75) is 33.7 Å². The van der Waals surface area contributed by atoms with Gasteiger partial charge >= 0.3 is 0 Å². The van der Waals surface area contributed by atoms with E-state index in [2.05, 4.69) is 30.9 Å². The average Bonchev–Trinajstić information content (AvgIpc) is 2.45. The highest BCUT2D eigenvalue weighted by molar-refractivity contribution is 5.42. The van der Waals surface area contributed by atoms with Gasteiger partial charge in [0.05, 0.1) is 5.69 Å². The smallest absolute Gasteiger partial charge is 0.126 e. The van der Waals surface area contributed by atoms with Crippen LogP contribution < -0.4 is 5.73 Å². The summed E-state index contributed by atoms with van der Waals surface area (Å²) in [6.45, 7) is 8.50. The Kier molecular flexibility index (Phi) is 4.35. The van der Waals surface area contributed by atoms with Crippen molar-refractivity contribution in [1.82, 2.24) is 14.7 Å². The van der Waals surface area contributed by atoms with Gasteiger partial charge in [0, 0.05) is 25.7 Å². The molecule has 92 valence electrons. The van der Waals surface area contributed by atoms with E-state index in [4.69, 9.17) is 5.73 Å². The lowest BCUT2D eigenvalue weighted by Crippen LogP contribution is -2.24. The lowest BCUT2D eigenvalue weighted by Gasteiger charge is -2.20. The number of nitrogens with two attached hydrogens (primary N) is 1. The molecular formula is C12H24N4. The van der Waals surface area contributed by atoms with Gasteiger partial charge in [-0.15, -0.1) is 0 Å². The summed E-state index contributed by atoms with van der Waals surface area (Å²) >= 11 is 0. The molecule has 1 rings (SSSR count). The minimum absolute atomic E-state index is 0.725. The van der Waals surface area contributed by atoms with Gasteiger partial charge in [-0.3, -0.25) is 4.68 Å². The Bertz CT molecular complexity index is 343. The minimum Gasteiger partial charge on any atom is -0.384 e. The zero-order valence-electron chi connectivity index (χ0n) is 11.1. The zero-order valence-corrected chi connectivity index (χ0v) is 11.1. The second-order valence-corrected chi connectivity index (χ2v) is 4.78. The van der Waals surface area contributed by atoms with Crippen molar-refractivity contribution in [2.75, 3.05) is 19.3 Å². The Hall–Kier alpha value is -1.03. The maximum absolute atomic E-state index is 5.99. The summed E-state index contributed by atoms with van der Waals surface area (Å²) in [7, 11) is 4.03. The van der Waals surface area contributed by atoms with Crippen molar-refractivity contribution >= 4 is 5.82 Å². The van der Waals surface area contributed by atoms with Crippen LogP contribution in [-0.4, -0.2) is 28.3 Å². The number of aromatic nitrogens is 2. The zero-order chi connectivity index (χ0) is 12.3. The number of hydrogen-bond acceptors (Lipinski definition) is 3. The van der Waals surface area contributed by atoms with Crippen LogP contribution in [0, 0.1) is 12.8 Å². The van der Waals surface area contributed by atoms with E-state index in [0.29, 0.717) is 0 Å². The Morgan fingerprint density at radius 2 is 2.12 bits per heavy atom. The van der Waals surface area contributed by atoms with Crippen molar-refractivity contribution in [1.29, 1.82) is 0 Å². The van der Waals surface area contributed by atoms with Gasteiger partial charge in [-0.2, -0.15) is 5.10 Å². The number of nitrogen functional groups attached to an aromatic ring is 1. The number of hydrogen-bond donors (Lipinski definition) is 1. The molecule has 4 nitrogen and oxygen atoms in total. The van der Waals surface area contributed by atoms with E-state index < -0.39 is 0 Å². The first-order valence-corrected chi connectivity index (χ1v) is 5.92. The first-order chi connectivity index (χ1) is 7.45. The van der Waals surface area contributed by atoms with E-state index in [1.807, 2.05) is 14.0 Å². The van der Waals surface area contributed by atoms with E-state index in [-0.39, 0.29) is 0 Å². The summed E-state index contributed by atoms with van der Waals surface area (Å²) in [5, 5.41) is 4.33. The molecule has 1 aromatic rings. The third-order valence-electron chi connectivity index (χ3n) is 3.14. The maximum Gasteiger partial charge on any atom is 0.126 e. The van der Waals surface area contributed by atoms with Gasteiger partial charge in [-0.1, -0.05) is 20.3 Å². The molecule has 2 N–H and O–H groups in total. The maximum atomic E-state index is 5.99. The van der Waals surface area contributed by atoms with Crippen molar-refractivity contribution in [3.8, 4) is 0 Å². The molecule has 0 saturated heterocycles. The van der Waals surface area contributed by atoms with E-state index in [0.717, 1.165) is 36.1 Å². The SMILES string of the molecule is CCC(C)CN(C)Cc1c(C)nn(C)c1N. The molecule has 0 aromatic carbocycles. The molecule has 0 fully saturated rings. The van der Waals surface area contributed by atoms with Crippen LogP contribution in [-0.2, 0) is 13.6 Å². The summed E-state index contributed by atoms with van der Waals surface area (Å²) < 4.78 is 1.75. The van der Waals surface area contributed by atoms with Gasteiger partial charge in [0.15, 0.2) is 0 Å². The lowest BCUT2D eigenvalue weighted by molar-refractivity contribution is 0.275. The number of aryl methyl sites for hydroxylation is 2. The predicted molar refractivity (Wildman–Crippen MR) is 68.1 cm³/mol. The Morgan fingerprint density at radius 1 is 1.50 bits per heavy atom. The highest BCUT2D eigenvalue weighted by Crippen LogP contribution is 2.17. The normalized spacial score (nSPS) is 13.4. The summed E-state index contributed by atoms with van der Waals surface area (Å²) in [6, 6.07) is 0. The van der Waals surface area contributed by atoms with Gasteiger partial charge in [0.1, 0.15) is 5.82 Å². The molecule has 0 radical (unpaired) electrons. The molecule has 1 atom stereocenters. The van der Waals surface area contributed by atoms with Crippen LogP contribution in [0.4, 0.5) is 5.82 Å². The molecule has 0 amide bonds. The monoisotopic (exact) mass is 224 g/mol. The quantitative estimate of drug-likeness (QED) is 0.829. The van der Waals surface area contributed by atoms with E-state index in [1.165, 1.54) is 6.42 Å². The van der Waals surface area contributed by atoms with Crippen LogP contribution in [0.1, 0.15) is 31.5 Å². The molecule has 0 aliphatic heterocycles. The Balaban J connectivity index is 2.65. The molecular weight excluding hydrogens is 200 g/mol. The predicted octanol–water partition coefficient (Wildman–Crippen LogP) is 1.79. The first-order valence-electron chi connectivity index (χ1n) is 5.92. The molecule has 1 unspecified atom stereocenters. The van der Waals surface area contributed by atoms with Gasteiger partial charge in [0.25, 0.3) is 0 Å². The summed E-state index contributed by atoms with van der Waals surface area (Å²) in [6.07, 6.45) is 1.21. The molecule has 0 bridgehead atoms. The largest absolute Gasteiger partial charge is 0.384 e. The van der Waals surface area contributed by atoms with E-state index >= 15 is 0 Å².